The number of hydrogen-bond donors (Lipinski definition) is 23. The Morgan fingerprint density at radius 3 is 1.50 bits per heavy atom. The highest BCUT2D eigenvalue weighted by atomic mass is 32.1. The number of primary amides is 3. The van der Waals surface area contributed by atoms with Gasteiger partial charge in [0.05, 0.1) is 25.6 Å². The molecule has 5 rings (SSSR count). The number of aromatic amines is 1. The molecule has 704 valence electrons. The van der Waals surface area contributed by atoms with Gasteiger partial charge in [-0.1, -0.05) is 72.8 Å². The van der Waals surface area contributed by atoms with Crippen LogP contribution in [-0.4, -0.2) is 241 Å². The number of nitrogens with one attached hydrogen (secondary N) is 16. The van der Waals surface area contributed by atoms with Crippen molar-refractivity contribution in [3.05, 3.63) is 114 Å². The molecule has 43 heteroatoms. The molecule has 0 saturated carbocycles. The molecule has 129 heavy (non-hydrogen) atoms. The number of aromatic nitrogens is 1. The predicted molar refractivity (Wildman–Crippen MR) is 480 cm³/mol. The van der Waals surface area contributed by atoms with Gasteiger partial charge in [-0.25, -0.2) is 0 Å². The number of hydrogen-bond acceptors (Lipinski definition) is 23. The number of aliphatic hydroxyl groups excluding tert-OH is 1. The SMILES string of the molecule is CC(=O)NCCCC[C@](C)(NC(=O)[C@H](Cc1ccc2ccccc2c1)NC(=O)[C@H](Cc1ccc(OCCNC(C)=O)cc1)NC(=O)[C@@H](NC(=O)[C@H](CCC(N)=O)NC(=O)[C@H](Cc1c[nH]c2ccccc12)NC(=O)[C@@H](NC(=O)[C@](C)(CCCNC(C)=O)NC(=O)[C@@H](NC(C)=O)C(C)(C)S)[C@@H](C)O)C(C)(C)S)C(=O)N[C@@H](CCC(=O)O)C(=O)N[C@@H](CC(N)=O)C(=O)NCC(N)=O. The Hall–Kier alpha value is -12.9. The first-order chi connectivity index (χ1) is 60.4. The summed E-state index contributed by atoms with van der Waals surface area (Å²) in [5, 5.41) is 61.6. The average molecular weight is 1840 g/mol. The second-order valence-electron chi connectivity index (χ2n) is 33.0. The fourth-order valence-corrected chi connectivity index (χ4v) is 13.9. The molecule has 0 saturated heterocycles. The van der Waals surface area contributed by atoms with Crippen LogP contribution in [0.3, 0.4) is 0 Å². The normalized spacial score (nSPS) is 14.6. The molecule has 4 aromatic carbocycles. The lowest BCUT2D eigenvalue weighted by atomic mass is 9.91. The fourth-order valence-electron chi connectivity index (χ4n) is 13.6. The number of thiol groups is 2. The van der Waals surface area contributed by atoms with E-state index in [0.29, 0.717) is 38.7 Å². The summed E-state index contributed by atoms with van der Waals surface area (Å²) in [4.78, 5) is 263. The van der Waals surface area contributed by atoms with Gasteiger partial charge in [-0.2, -0.15) is 25.3 Å². The molecule has 24 N–H and O–H groups in total. The molecular weight excluding hydrogens is 1720 g/mol. The quantitative estimate of drug-likeness (QED) is 0.0143. The van der Waals surface area contributed by atoms with Gasteiger partial charge in [0.15, 0.2) is 0 Å². The van der Waals surface area contributed by atoms with E-state index in [-0.39, 0.29) is 77.1 Å². The molecule has 0 bridgehead atoms. The third kappa shape index (κ3) is 36.0. The number of aliphatic carboxylic acids is 1. The molecular formula is C86H121N19O22S2. The molecule has 0 aliphatic rings. The summed E-state index contributed by atoms with van der Waals surface area (Å²) in [6, 6.07) is 9.35. The van der Waals surface area contributed by atoms with Crippen LogP contribution in [0.4, 0.5) is 0 Å². The monoisotopic (exact) mass is 1840 g/mol. The molecule has 1 heterocycles. The Balaban J connectivity index is 1.61. The number of unbranched alkanes of at least 4 members (excludes halogenated alkanes) is 1. The van der Waals surface area contributed by atoms with Crippen LogP contribution >= 0.6 is 25.3 Å². The summed E-state index contributed by atoms with van der Waals surface area (Å²) in [6.45, 7) is 14.1. The fraction of sp³-hybridized carbons (Fsp3) is 0.500. The standard InChI is InChI=1S/C86H121N19O22S2/c1-46(106)69(102-82(126)86(11,34-18-36-91-48(3)108)105-80(124)71(84(8,9)129)95-50(5)110)78(122)99-63(42-55-44-93-58-22-15-14-21-57(55)58)76(120)96-59(29-31-65(87)111)74(118)103-70(83(6,7)128)79(123)100-61(40-51-24-27-56(28-25-51)127-38-37-92-49(4)109)75(119)97-62(41-52-23-26-53-19-12-13-20-54(53)39-52)77(121)104-85(10,33-16-17-35-90-47(2)107)81(125)101-60(30-32-68(114)115)73(117)98-64(43-66(88)112)72(116)94-45-67(89)113/h12-15,19-28,39,44,46,59-64,69-71,93,106,128-129H,16-18,29-38,40-43,45H2,1-11H3,(H2,87,111)(H2,88,112)(H2,89,113)(H,90,107)(H,91,108)(H,92,109)(H,94,116)(H,95,110)(H,96,120)(H,97,119)(H,98,117)(H,99,122)(H,100,123)(H,101,125)(H,102,126)(H,103,118)(H,104,121)(H,105,124)(H,114,115)/t46-,59+,60+,61+,62+,63+,64+,69+,70-,71-,85+,86+/m1/s1. The maximum absolute atomic E-state index is 15.7. The zero-order valence-electron chi connectivity index (χ0n) is 73.9. The van der Waals surface area contributed by atoms with Crippen LogP contribution in [0.2, 0.25) is 0 Å². The Morgan fingerprint density at radius 1 is 0.442 bits per heavy atom. The number of fused-ring (bicyclic) bond motifs is 2. The van der Waals surface area contributed by atoms with E-state index < -0.39 is 233 Å². The van der Waals surface area contributed by atoms with Crippen molar-refractivity contribution in [1.82, 2.24) is 84.7 Å². The van der Waals surface area contributed by atoms with E-state index in [1.807, 2.05) is 6.07 Å². The van der Waals surface area contributed by atoms with Crippen molar-refractivity contribution in [2.45, 2.75) is 241 Å². The molecule has 5 aromatic rings. The number of carboxylic acids is 1. The molecule has 0 radical (unpaired) electrons. The number of benzene rings is 4. The van der Waals surface area contributed by atoms with E-state index in [9.17, 15) is 72.5 Å². The Kier molecular flexibility index (Phi) is 41.3. The summed E-state index contributed by atoms with van der Waals surface area (Å²) < 4.78 is 2.94. The first kappa shape index (κ1) is 107. The van der Waals surface area contributed by atoms with Crippen molar-refractivity contribution in [1.29, 1.82) is 0 Å². The van der Waals surface area contributed by atoms with Crippen LogP contribution < -0.4 is 102 Å². The van der Waals surface area contributed by atoms with E-state index in [1.54, 1.807) is 66.9 Å². The van der Waals surface area contributed by atoms with Gasteiger partial charge in [0.1, 0.15) is 77.8 Å². The lowest BCUT2D eigenvalue weighted by Gasteiger charge is -2.36. The van der Waals surface area contributed by atoms with Crippen molar-refractivity contribution in [2.75, 3.05) is 32.8 Å². The third-order valence-corrected chi connectivity index (χ3v) is 21.1. The second-order valence-corrected chi connectivity index (χ2v) is 35.3. The number of para-hydroxylation sites is 1. The zero-order valence-corrected chi connectivity index (χ0v) is 75.7. The highest BCUT2D eigenvalue weighted by Crippen LogP contribution is 2.26. The van der Waals surface area contributed by atoms with Gasteiger partial charge in [-0.15, -0.1) is 0 Å². The number of amides is 18. The van der Waals surface area contributed by atoms with Crippen molar-refractivity contribution in [3.63, 3.8) is 0 Å². The van der Waals surface area contributed by atoms with Gasteiger partial charge >= 0.3 is 5.97 Å². The maximum Gasteiger partial charge on any atom is 0.303 e. The summed E-state index contributed by atoms with van der Waals surface area (Å²) >= 11 is 9.27. The van der Waals surface area contributed by atoms with Crippen LogP contribution in [0.1, 0.15) is 157 Å². The highest BCUT2D eigenvalue weighted by molar-refractivity contribution is 7.82. The lowest BCUT2D eigenvalue weighted by Crippen LogP contribution is -2.66. The third-order valence-electron chi connectivity index (χ3n) is 20.5. The molecule has 12 atom stereocenters. The van der Waals surface area contributed by atoms with Crippen LogP contribution in [-0.2, 0) is 110 Å². The maximum atomic E-state index is 15.7. The number of carboxylic acid groups (broad SMARTS) is 1. The lowest BCUT2D eigenvalue weighted by molar-refractivity contribution is -0.140. The zero-order chi connectivity index (χ0) is 96.4. The predicted octanol–water partition coefficient (Wildman–Crippen LogP) is -2.38. The van der Waals surface area contributed by atoms with Crippen molar-refractivity contribution in [3.8, 4) is 5.75 Å². The number of ether oxygens (including phenoxy) is 1. The smallest absolute Gasteiger partial charge is 0.303 e. The van der Waals surface area contributed by atoms with Crippen LogP contribution in [0.15, 0.2) is 97.2 Å². The minimum absolute atomic E-state index is 0.0153. The topological polar surface area (TPSA) is 648 Å². The van der Waals surface area contributed by atoms with Crippen LogP contribution in [0, 0.1) is 0 Å². The molecule has 0 fully saturated rings. The number of carbonyl (C=O) groups is 19. The van der Waals surface area contributed by atoms with Crippen LogP contribution in [0.5, 0.6) is 5.75 Å². The molecule has 0 aliphatic carbocycles. The summed E-state index contributed by atoms with van der Waals surface area (Å²) in [5.41, 5.74) is 13.9. The molecule has 0 aliphatic heterocycles. The number of nitrogens with two attached hydrogens (primary N) is 3. The Labute approximate surface area is 756 Å². The van der Waals surface area contributed by atoms with E-state index in [2.05, 4.69) is 97.4 Å². The molecule has 0 spiro atoms. The number of H-pyrrole nitrogens is 1. The van der Waals surface area contributed by atoms with E-state index in [4.69, 9.17) is 34.6 Å². The van der Waals surface area contributed by atoms with Gasteiger partial charge in [-0.05, 0) is 139 Å². The Bertz CT molecular complexity index is 4880. The largest absolute Gasteiger partial charge is 0.492 e. The van der Waals surface area contributed by atoms with Crippen molar-refractivity contribution < 1.29 is 106 Å². The van der Waals surface area contributed by atoms with Crippen molar-refractivity contribution >= 4 is 159 Å². The van der Waals surface area contributed by atoms with E-state index in [1.165, 1.54) is 86.6 Å². The molecule has 1 aromatic heterocycles. The Morgan fingerprint density at radius 2 is 0.922 bits per heavy atom. The molecule has 18 amide bonds. The van der Waals surface area contributed by atoms with Gasteiger partial charge < -0.3 is 117 Å². The average Bonchev–Trinajstić information content (AvgIpc) is 1.76. The first-order valence-electron chi connectivity index (χ1n) is 41.7. The second kappa shape index (κ2) is 50.0. The molecule has 41 nitrogen and oxygen atoms in total. The van der Waals surface area contributed by atoms with Gasteiger partial charge in [0.2, 0.25) is 106 Å². The minimum Gasteiger partial charge on any atom is -0.492 e. The van der Waals surface area contributed by atoms with Gasteiger partial charge in [0, 0.05) is 99.5 Å². The van der Waals surface area contributed by atoms with Crippen LogP contribution in [0.25, 0.3) is 21.7 Å². The van der Waals surface area contributed by atoms with Gasteiger partial charge in [0.25, 0.3) is 0 Å². The number of carbonyl (C=O) groups excluding carboxylic acids is 18. The summed E-state index contributed by atoms with van der Waals surface area (Å²) in [5.74, 6) is -18.1. The first-order valence-corrected chi connectivity index (χ1v) is 42.6. The summed E-state index contributed by atoms with van der Waals surface area (Å²) in [6.07, 6.45) is -5.11. The van der Waals surface area contributed by atoms with E-state index >= 15 is 28.8 Å². The number of aliphatic hydroxyl groups is 1. The molecule has 0 unspecified atom stereocenters. The van der Waals surface area contributed by atoms with E-state index in [0.717, 1.165) is 19.2 Å². The highest BCUT2D eigenvalue weighted by Gasteiger charge is 2.46. The van der Waals surface area contributed by atoms with Crippen molar-refractivity contribution in [2.24, 2.45) is 17.2 Å². The minimum atomic E-state index is -2.16. The van der Waals surface area contributed by atoms with Gasteiger partial charge in [-0.3, -0.25) is 91.1 Å². The summed E-state index contributed by atoms with van der Waals surface area (Å²) in [7, 11) is 0. The number of rotatable bonds is 54.